The third-order valence-corrected chi connectivity index (χ3v) is 1.14. The summed E-state index contributed by atoms with van der Waals surface area (Å²) in [5.74, 6) is -2.02. The van der Waals surface area contributed by atoms with Crippen LogP contribution in [0, 0.1) is 0 Å². The topological polar surface area (TPSA) is 63.6 Å². The molecule has 66 valence electrons. The maximum absolute atomic E-state index is 10.8. The Hall–Kier alpha value is -1.58. The molecule has 0 aliphatic carbocycles. The molecule has 0 atom stereocenters. The molecule has 0 radical (unpaired) electrons. The van der Waals surface area contributed by atoms with Gasteiger partial charge in [0.25, 0.3) is 0 Å². The van der Waals surface area contributed by atoms with E-state index in [4.69, 9.17) is 5.11 Å². The zero-order valence-electron chi connectivity index (χ0n) is 6.79. The van der Waals surface area contributed by atoms with E-state index in [0.29, 0.717) is 0 Å². The first-order chi connectivity index (χ1) is 5.50. The predicted octanol–water partition coefficient (Wildman–Crippen LogP) is 0.746. The smallest absolute Gasteiger partial charge is 0.338 e. The van der Waals surface area contributed by atoms with Crippen LogP contribution in [0.3, 0.4) is 0 Å². The van der Waals surface area contributed by atoms with Crippen LogP contribution >= 0.6 is 0 Å². The SMILES string of the molecule is C=C(C(=C)C(=O)OCC)C(=O)O. The van der Waals surface area contributed by atoms with Crippen molar-refractivity contribution < 1.29 is 19.4 Å². The lowest BCUT2D eigenvalue weighted by Crippen LogP contribution is -2.12. The summed E-state index contributed by atoms with van der Waals surface area (Å²) in [7, 11) is 0. The summed E-state index contributed by atoms with van der Waals surface area (Å²) in [5.41, 5.74) is -0.558. The van der Waals surface area contributed by atoms with E-state index < -0.39 is 11.9 Å². The van der Waals surface area contributed by atoms with Gasteiger partial charge in [0.1, 0.15) is 0 Å². The minimum absolute atomic E-state index is 0.185. The van der Waals surface area contributed by atoms with Gasteiger partial charge in [-0.25, -0.2) is 9.59 Å². The van der Waals surface area contributed by atoms with Gasteiger partial charge in [0, 0.05) is 0 Å². The van der Waals surface area contributed by atoms with Crippen LogP contribution in [0.2, 0.25) is 0 Å². The fraction of sp³-hybridized carbons (Fsp3) is 0.250. The molecule has 0 bridgehead atoms. The Labute approximate surface area is 70.1 Å². The van der Waals surface area contributed by atoms with Gasteiger partial charge >= 0.3 is 11.9 Å². The highest BCUT2D eigenvalue weighted by Gasteiger charge is 2.16. The Balaban J connectivity index is 4.30. The second-order valence-corrected chi connectivity index (χ2v) is 1.98. The monoisotopic (exact) mass is 170 g/mol. The van der Waals surface area contributed by atoms with Gasteiger partial charge in [-0.3, -0.25) is 0 Å². The highest BCUT2D eigenvalue weighted by molar-refractivity contribution is 6.05. The van der Waals surface area contributed by atoms with Gasteiger partial charge in [-0.2, -0.15) is 0 Å². The highest BCUT2D eigenvalue weighted by atomic mass is 16.5. The second-order valence-electron chi connectivity index (χ2n) is 1.98. The largest absolute Gasteiger partial charge is 0.478 e. The maximum atomic E-state index is 10.8. The van der Waals surface area contributed by atoms with Gasteiger partial charge in [0.05, 0.1) is 17.8 Å². The zero-order valence-corrected chi connectivity index (χ0v) is 6.79. The minimum Gasteiger partial charge on any atom is -0.478 e. The van der Waals surface area contributed by atoms with E-state index in [-0.39, 0.29) is 17.8 Å². The molecule has 0 aromatic heterocycles. The van der Waals surface area contributed by atoms with E-state index in [2.05, 4.69) is 17.9 Å². The van der Waals surface area contributed by atoms with E-state index in [1.54, 1.807) is 6.92 Å². The number of esters is 1. The van der Waals surface area contributed by atoms with Crippen LogP contribution in [0.4, 0.5) is 0 Å². The molecule has 4 heteroatoms. The van der Waals surface area contributed by atoms with Crippen molar-refractivity contribution >= 4 is 11.9 Å². The van der Waals surface area contributed by atoms with E-state index >= 15 is 0 Å². The number of aliphatic carboxylic acids is 1. The van der Waals surface area contributed by atoms with Crippen LogP contribution in [0.15, 0.2) is 24.3 Å². The van der Waals surface area contributed by atoms with Crippen LogP contribution in [-0.2, 0) is 14.3 Å². The zero-order chi connectivity index (χ0) is 9.72. The Morgan fingerprint density at radius 2 is 1.83 bits per heavy atom. The average molecular weight is 170 g/mol. The minimum atomic E-state index is -1.27. The molecule has 0 saturated heterocycles. The van der Waals surface area contributed by atoms with Crippen molar-refractivity contribution in [1.29, 1.82) is 0 Å². The number of carbonyl (C=O) groups is 2. The summed E-state index contributed by atoms with van der Waals surface area (Å²) < 4.78 is 4.51. The summed E-state index contributed by atoms with van der Waals surface area (Å²) in [6, 6.07) is 0. The molecule has 0 aromatic rings. The van der Waals surface area contributed by atoms with Crippen LogP contribution in [-0.4, -0.2) is 23.7 Å². The number of rotatable bonds is 4. The first-order valence-electron chi connectivity index (χ1n) is 3.29. The third kappa shape index (κ3) is 2.57. The average Bonchev–Trinajstić information content (AvgIpc) is 2.02. The predicted molar refractivity (Wildman–Crippen MR) is 42.5 cm³/mol. The van der Waals surface area contributed by atoms with Gasteiger partial charge < -0.3 is 9.84 Å². The molecule has 4 nitrogen and oxygen atoms in total. The fourth-order valence-corrected chi connectivity index (χ4v) is 0.470. The van der Waals surface area contributed by atoms with E-state index in [9.17, 15) is 9.59 Å². The molecule has 0 aromatic carbocycles. The van der Waals surface area contributed by atoms with Gasteiger partial charge in [0.2, 0.25) is 0 Å². The first kappa shape index (κ1) is 10.4. The Morgan fingerprint density at radius 3 is 2.17 bits per heavy atom. The summed E-state index contributed by atoms with van der Waals surface area (Å²) >= 11 is 0. The first-order valence-corrected chi connectivity index (χ1v) is 3.29. The second kappa shape index (κ2) is 4.33. The standard InChI is InChI=1S/C8H10O4/c1-4-12-8(11)6(3)5(2)7(9)10/h2-4H2,1H3,(H,9,10). The van der Waals surface area contributed by atoms with Crippen LogP contribution < -0.4 is 0 Å². The molecule has 0 saturated carbocycles. The van der Waals surface area contributed by atoms with Gasteiger partial charge in [-0.1, -0.05) is 13.2 Å². The summed E-state index contributed by atoms with van der Waals surface area (Å²) in [6.07, 6.45) is 0. The molecule has 0 unspecified atom stereocenters. The van der Waals surface area contributed by atoms with Gasteiger partial charge in [-0.15, -0.1) is 0 Å². The third-order valence-electron chi connectivity index (χ3n) is 1.14. The number of ether oxygens (including phenoxy) is 1. The molecule has 0 spiro atoms. The molecule has 12 heavy (non-hydrogen) atoms. The maximum Gasteiger partial charge on any atom is 0.338 e. The van der Waals surface area contributed by atoms with Crippen LogP contribution in [0.1, 0.15) is 6.92 Å². The number of carboxylic acids is 1. The fourth-order valence-electron chi connectivity index (χ4n) is 0.470. The van der Waals surface area contributed by atoms with E-state index in [1.807, 2.05) is 0 Å². The molecular formula is C8H10O4. The van der Waals surface area contributed by atoms with Gasteiger partial charge in [-0.05, 0) is 6.92 Å². The lowest BCUT2D eigenvalue weighted by molar-refractivity contribution is -0.140. The molecule has 0 fully saturated rings. The molecule has 0 amide bonds. The summed E-state index contributed by atoms with van der Waals surface area (Å²) in [6.45, 7) is 8.20. The summed E-state index contributed by atoms with van der Waals surface area (Å²) in [4.78, 5) is 21.1. The Kier molecular flexibility index (Phi) is 3.76. The molecule has 0 aliphatic rings. The Bertz CT molecular complexity index is 239. The summed E-state index contributed by atoms with van der Waals surface area (Å²) in [5, 5.41) is 8.40. The number of hydrogen-bond donors (Lipinski definition) is 1. The number of carboxylic acid groups (broad SMARTS) is 1. The molecule has 1 N–H and O–H groups in total. The number of carbonyl (C=O) groups excluding carboxylic acids is 1. The number of hydrogen-bond acceptors (Lipinski definition) is 3. The van der Waals surface area contributed by atoms with Crippen molar-refractivity contribution in [2.45, 2.75) is 6.92 Å². The Morgan fingerprint density at radius 1 is 1.33 bits per heavy atom. The van der Waals surface area contributed by atoms with Crippen LogP contribution in [0.25, 0.3) is 0 Å². The normalized spacial score (nSPS) is 8.75. The van der Waals surface area contributed by atoms with Crippen molar-refractivity contribution in [2.24, 2.45) is 0 Å². The highest BCUT2D eigenvalue weighted by Crippen LogP contribution is 2.06. The van der Waals surface area contributed by atoms with Crippen molar-refractivity contribution in [2.75, 3.05) is 6.61 Å². The molecule has 0 heterocycles. The van der Waals surface area contributed by atoms with Crippen molar-refractivity contribution in [1.82, 2.24) is 0 Å². The van der Waals surface area contributed by atoms with Crippen molar-refractivity contribution in [3.05, 3.63) is 24.3 Å². The van der Waals surface area contributed by atoms with Gasteiger partial charge in [0.15, 0.2) is 0 Å². The molecular weight excluding hydrogens is 160 g/mol. The van der Waals surface area contributed by atoms with E-state index in [0.717, 1.165) is 0 Å². The lowest BCUT2D eigenvalue weighted by Gasteiger charge is -2.03. The van der Waals surface area contributed by atoms with Crippen molar-refractivity contribution in [3.63, 3.8) is 0 Å². The van der Waals surface area contributed by atoms with E-state index in [1.165, 1.54) is 0 Å². The quantitative estimate of drug-likeness (QED) is 0.384. The van der Waals surface area contributed by atoms with Crippen LogP contribution in [0.5, 0.6) is 0 Å². The molecule has 0 aliphatic heterocycles. The van der Waals surface area contributed by atoms with Crippen molar-refractivity contribution in [3.8, 4) is 0 Å². The lowest BCUT2D eigenvalue weighted by atomic mass is 10.1. The molecule has 0 rings (SSSR count).